The summed E-state index contributed by atoms with van der Waals surface area (Å²) >= 11 is 3.32. The van der Waals surface area contributed by atoms with E-state index >= 15 is 0 Å². The first-order chi connectivity index (χ1) is 9.93. The Kier molecular flexibility index (Phi) is 4.88. The summed E-state index contributed by atoms with van der Waals surface area (Å²) in [5.74, 6) is -0.434. The standard InChI is InChI=1S/C15H18BrNO4/c1-8(9-3-4-9)14(18)17-13(15(19)20)10-5-6-12(21-2)11(16)7-10/h5-9,13H,3-4H2,1-2H3,(H,17,18)(H,19,20). The van der Waals surface area contributed by atoms with Gasteiger partial charge in [0, 0.05) is 5.92 Å². The summed E-state index contributed by atoms with van der Waals surface area (Å²) in [5.41, 5.74) is 0.506. The van der Waals surface area contributed by atoms with Crippen molar-refractivity contribution in [2.75, 3.05) is 7.11 Å². The van der Waals surface area contributed by atoms with Gasteiger partial charge in [0.05, 0.1) is 11.6 Å². The highest BCUT2D eigenvalue weighted by molar-refractivity contribution is 9.10. The molecule has 2 unspecified atom stereocenters. The van der Waals surface area contributed by atoms with Crippen LogP contribution < -0.4 is 10.1 Å². The molecule has 2 N–H and O–H groups in total. The van der Waals surface area contributed by atoms with Gasteiger partial charge < -0.3 is 15.2 Å². The predicted octanol–water partition coefficient (Wildman–Crippen LogP) is 2.75. The molecule has 1 aromatic rings. The monoisotopic (exact) mass is 355 g/mol. The third-order valence-corrected chi connectivity index (χ3v) is 4.41. The Hall–Kier alpha value is -1.56. The van der Waals surface area contributed by atoms with Crippen molar-refractivity contribution in [2.24, 2.45) is 11.8 Å². The number of carbonyl (C=O) groups excluding carboxylic acids is 1. The summed E-state index contributed by atoms with van der Waals surface area (Å²) in [4.78, 5) is 23.6. The van der Waals surface area contributed by atoms with Gasteiger partial charge in [0.25, 0.3) is 0 Å². The first-order valence-corrected chi connectivity index (χ1v) is 7.60. The number of amides is 1. The summed E-state index contributed by atoms with van der Waals surface area (Å²) in [5, 5.41) is 12.0. The van der Waals surface area contributed by atoms with E-state index in [9.17, 15) is 14.7 Å². The minimum absolute atomic E-state index is 0.145. The minimum atomic E-state index is -1.08. The number of benzene rings is 1. The van der Waals surface area contributed by atoms with E-state index in [-0.39, 0.29) is 11.8 Å². The molecule has 0 aromatic heterocycles. The van der Waals surface area contributed by atoms with E-state index < -0.39 is 12.0 Å². The van der Waals surface area contributed by atoms with E-state index in [0.29, 0.717) is 21.7 Å². The third kappa shape index (κ3) is 3.75. The van der Waals surface area contributed by atoms with E-state index in [1.54, 1.807) is 18.2 Å². The maximum Gasteiger partial charge on any atom is 0.330 e. The zero-order valence-corrected chi connectivity index (χ0v) is 13.5. The minimum Gasteiger partial charge on any atom is -0.496 e. The van der Waals surface area contributed by atoms with Crippen LogP contribution in [0.1, 0.15) is 31.4 Å². The summed E-state index contributed by atoms with van der Waals surface area (Å²) in [6, 6.07) is 3.91. The molecule has 1 aliphatic carbocycles. The second kappa shape index (κ2) is 6.47. The first-order valence-electron chi connectivity index (χ1n) is 6.80. The topological polar surface area (TPSA) is 75.6 Å². The van der Waals surface area contributed by atoms with Crippen LogP contribution in [0.4, 0.5) is 0 Å². The Morgan fingerprint density at radius 3 is 2.57 bits per heavy atom. The van der Waals surface area contributed by atoms with Gasteiger partial charge in [-0.05, 0) is 52.4 Å². The Morgan fingerprint density at radius 2 is 2.10 bits per heavy atom. The maximum absolute atomic E-state index is 12.1. The molecule has 6 heteroatoms. The van der Waals surface area contributed by atoms with Crippen LogP contribution in [0.15, 0.2) is 22.7 Å². The molecular weight excluding hydrogens is 338 g/mol. The maximum atomic E-state index is 12.1. The quantitative estimate of drug-likeness (QED) is 0.822. The number of carbonyl (C=O) groups is 2. The van der Waals surface area contributed by atoms with Crippen molar-refractivity contribution >= 4 is 27.8 Å². The van der Waals surface area contributed by atoms with Gasteiger partial charge >= 0.3 is 5.97 Å². The molecule has 21 heavy (non-hydrogen) atoms. The van der Waals surface area contributed by atoms with Crippen LogP contribution in [0.2, 0.25) is 0 Å². The highest BCUT2D eigenvalue weighted by atomic mass is 79.9. The second-order valence-corrected chi connectivity index (χ2v) is 6.15. The lowest BCUT2D eigenvalue weighted by molar-refractivity contribution is -0.142. The number of hydrogen-bond acceptors (Lipinski definition) is 3. The molecular formula is C15H18BrNO4. The van der Waals surface area contributed by atoms with Gasteiger partial charge in [0.15, 0.2) is 6.04 Å². The van der Waals surface area contributed by atoms with E-state index in [1.807, 2.05) is 6.92 Å². The molecule has 1 aliphatic rings. The Labute approximate surface area is 131 Å². The van der Waals surface area contributed by atoms with Crippen molar-refractivity contribution in [1.82, 2.24) is 5.32 Å². The fourth-order valence-corrected chi connectivity index (χ4v) is 2.79. The van der Waals surface area contributed by atoms with Crippen LogP contribution in [-0.4, -0.2) is 24.1 Å². The smallest absolute Gasteiger partial charge is 0.330 e. The lowest BCUT2D eigenvalue weighted by atomic mass is 10.0. The lowest BCUT2D eigenvalue weighted by Gasteiger charge is -2.18. The van der Waals surface area contributed by atoms with Crippen molar-refractivity contribution in [3.8, 4) is 5.75 Å². The molecule has 2 atom stereocenters. The Bertz CT molecular complexity index is 557. The fraction of sp³-hybridized carbons (Fsp3) is 0.467. The van der Waals surface area contributed by atoms with Gasteiger partial charge in [-0.3, -0.25) is 4.79 Å². The van der Waals surface area contributed by atoms with E-state index in [1.165, 1.54) is 7.11 Å². The molecule has 0 saturated heterocycles. The normalized spacial score (nSPS) is 16.9. The van der Waals surface area contributed by atoms with Crippen LogP contribution in [-0.2, 0) is 9.59 Å². The number of carboxylic acids is 1. The molecule has 0 bridgehead atoms. The Morgan fingerprint density at radius 1 is 1.43 bits per heavy atom. The van der Waals surface area contributed by atoms with Gasteiger partial charge in [-0.2, -0.15) is 0 Å². The summed E-state index contributed by atoms with van der Waals surface area (Å²) in [6.07, 6.45) is 2.08. The van der Waals surface area contributed by atoms with Crippen molar-refractivity contribution in [1.29, 1.82) is 0 Å². The number of aliphatic carboxylic acids is 1. The van der Waals surface area contributed by atoms with E-state index in [0.717, 1.165) is 12.8 Å². The van der Waals surface area contributed by atoms with Gasteiger partial charge in [-0.25, -0.2) is 4.79 Å². The van der Waals surface area contributed by atoms with Crippen molar-refractivity contribution in [2.45, 2.75) is 25.8 Å². The molecule has 2 rings (SSSR count). The van der Waals surface area contributed by atoms with Crippen LogP contribution in [0, 0.1) is 11.8 Å². The average molecular weight is 356 g/mol. The summed E-state index contributed by atoms with van der Waals surface area (Å²) in [6.45, 7) is 1.84. The van der Waals surface area contributed by atoms with Crippen LogP contribution in [0.5, 0.6) is 5.75 Å². The molecule has 5 nitrogen and oxygen atoms in total. The summed E-state index contributed by atoms with van der Waals surface area (Å²) in [7, 11) is 1.54. The number of halogens is 1. The molecule has 0 radical (unpaired) electrons. The molecule has 1 amide bonds. The van der Waals surface area contributed by atoms with Crippen molar-refractivity contribution < 1.29 is 19.4 Å². The highest BCUT2D eigenvalue weighted by Crippen LogP contribution is 2.37. The zero-order valence-electron chi connectivity index (χ0n) is 11.9. The zero-order chi connectivity index (χ0) is 15.6. The van der Waals surface area contributed by atoms with E-state index in [2.05, 4.69) is 21.2 Å². The highest BCUT2D eigenvalue weighted by Gasteiger charge is 2.34. The van der Waals surface area contributed by atoms with Crippen LogP contribution in [0.25, 0.3) is 0 Å². The first kappa shape index (κ1) is 15.8. The molecule has 0 spiro atoms. The number of rotatable bonds is 6. The molecule has 0 aliphatic heterocycles. The summed E-state index contributed by atoms with van der Waals surface area (Å²) < 4.78 is 5.77. The molecule has 1 aromatic carbocycles. The van der Waals surface area contributed by atoms with Crippen molar-refractivity contribution in [3.05, 3.63) is 28.2 Å². The van der Waals surface area contributed by atoms with Crippen molar-refractivity contribution in [3.63, 3.8) is 0 Å². The number of methoxy groups -OCH3 is 1. The van der Waals surface area contributed by atoms with Gasteiger partial charge in [0.2, 0.25) is 5.91 Å². The molecule has 1 fully saturated rings. The number of carboxylic acid groups (broad SMARTS) is 1. The number of nitrogens with one attached hydrogen (secondary N) is 1. The largest absolute Gasteiger partial charge is 0.496 e. The van der Waals surface area contributed by atoms with Crippen LogP contribution >= 0.6 is 15.9 Å². The number of ether oxygens (including phenoxy) is 1. The average Bonchev–Trinajstić information content (AvgIpc) is 3.27. The Balaban J connectivity index is 2.16. The molecule has 1 saturated carbocycles. The third-order valence-electron chi connectivity index (χ3n) is 3.79. The second-order valence-electron chi connectivity index (χ2n) is 5.30. The van der Waals surface area contributed by atoms with Gasteiger partial charge in [-0.15, -0.1) is 0 Å². The van der Waals surface area contributed by atoms with E-state index in [4.69, 9.17) is 4.74 Å². The number of hydrogen-bond donors (Lipinski definition) is 2. The van der Waals surface area contributed by atoms with Gasteiger partial charge in [0.1, 0.15) is 5.75 Å². The van der Waals surface area contributed by atoms with Crippen LogP contribution in [0.3, 0.4) is 0 Å². The predicted molar refractivity (Wildman–Crippen MR) is 81.1 cm³/mol. The molecule has 0 heterocycles. The lowest BCUT2D eigenvalue weighted by Crippen LogP contribution is -2.37. The molecule has 114 valence electrons. The SMILES string of the molecule is COc1ccc(C(NC(=O)C(C)C2CC2)C(=O)O)cc1Br. The fourth-order valence-electron chi connectivity index (χ4n) is 2.23. The van der Waals surface area contributed by atoms with Gasteiger partial charge in [-0.1, -0.05) is 13.0 Å².